The first-order valence-electron chi connectivity index (χ1n) is 7.11. The van der Waals surface area contributed by atoms with E-state index in [9.17, 15) is 9.90 Å². The first-order valence-corrected chi connectivity index (χ1v) is 7.11. The van der Waals surface area contributed by atoms with Gasteiger partial charge >= 0.3 is 0 Å². The van der Waals surface area contributed by atoms with Crippen molar-refractivity contribution in [2.24, 2.45) is 0 Å². The molecule has 0 spiro atoms. The molecule has 0 radical (unpaired) electrons. The van der Waals surface area contributed by atoms with Crippen molar-refractivity contribution in [1.29, 1.82) is 0 Å². The molecule has 116 valence electrons. The van der Waals surface area contributed by atoms with Crippen LogP contribution >= 0.6 is 0 Å². The Morgan fingerprint density at radius 3 is 2.90 bits per heavy atom. The van der Waals surface area contributed by atoms with Crippen molar-refractivity contribution in [3.63, 3.8) is 0 Å². The monoisotopic (exact) mass is 294 g/mol. The molecule has 2 N–H and O–H groups in total. The number of benzene rings is 1. The van der Waals surface area contributed by atoms with Gasteiger partial charge in [0, 0.05) is 26.2 Å². The molecular weight excluding hydrogens is 272 g/mol. The fraction of sp³-hybridized carbons (Fsp3) is 0.533. The number of nitrogens with zero attached hydrogens (tertiary/aromatic N) is 1. The van der Waals surface area contributed by atoms with E-state index in [1.807, 2.05) is 0 Å². The van der Waals surface area contributed by atoms with E-state index in [1.165, 1.54) is 13.2 Å². The van der Waals surface area contributed by atoms with Gasteiger partial charge in [-0.1, -0.05) is 6.07 Å². The molecular formula is C15H22N2O4. The molecule has 0 saturated carbocycles. The minimum atomic E-state index is -0.0315. The summed E-state index contributed by atoms with van der Waals surface area (Å²) in [5, 5.41) is 12.4. The summed E-state index contributed by atoms with van der Waals surface area (Å²) in [5.41, 5.74) is 0.813. The molecule has 1 aliphatic rings. The minimum absolute atomic E-state index is 0.0315. The Morgan fingerprint density at radius 1 is 1.43 bits per heavy atom. The maximum Gasteiger partial charge on any atom is 0.224 e. The van der Waals surface area contributed by atoms with Crippen molar-refractivity contribution in [2.75, 3.05) is 46.5 Å². The molecule has 1 heterocycles. The van der Waals surface area contributed by atoms with Crippen molar-refractivity contribution in [3.05, 3.63) is 23.8 Å². The van der Waals surface area contributed by atoms with E-state index in [4.69, 9.17) is 9.47 Å². The van der Waals surface area contributed by atoms with Crippen LogP contribution in [0, 0.1) is 0 Å². The molecule has 0 aliphatic carbocycles. The van der Waals surface area contributed by atoms with Gasteiger partial charge in [0.15, 0.2) is 11.5 Å². The third-order valence-corrected chi connectivity index (χ3v) is 3.46. The normalized spacial score (nSPS) is 15.7. The number of hydrogen-bond acceptors (Lipinski definition) is 5. The highest BCUT2D eigenvalue weighted by molar-refractivity contribution is 5.78. The molecule has 6 heteroatoms. The average Bonchev–Trinajstić information content (AvgIpc) is 2.50. The Balaban J connectivity index is 1.73. The van der Waals surface area contributed by atoms with Gasteiger partial charge in [-0.15, -0.1) is 0 Å². The number of phenolic OH excluding ortho intramolecular Hbond substituents is 1. The average molecular weight is 294 g/mol. The lowest BCUT2D eigenvalue weighted by Gasteiger charge is -2.26. The molecule has 21 heavy (non-hydrogen) atoms. The summed E-state index contributed by atoms with van der Waals surface area (Å²) in [6.07, 6.45) is 0.278. The fourth-order valence-corrected chi connectivity index (χ4v) is 2.26. The Kier molecular flexibility index (Phi) is 5.83. The minimum Gasteiger partial charge on any atom is -0.504 e. The van der Waals surface area contributed by atoms with E-state index in [2.05, 4.69) is 10.2 Å². The van der Waals surface area contributed by atoms with Crippen LogP contribution in [0.4, 0.5) is 0 Å². The quantitative estimate of drug-likeness (QED) is 0.794. The zero-order valence-corrected chi connectivity index (χ0v) is 12.3. The first kappa shape index (κ1) is 15.6. The van der Waals surface area contributed by atoms with Crippen LogP contribution in [0.15, 0.2) is 18.2 Å². The van der Waals surface area contributed by atoms with Crippen LogP contribution in [0.3, 0.4) is 0 Å². The molecule has 1 saturated heterocycles. The second-order valence-corrected chi connectivity index (χ2v) is 4.99. The molecule has 1 aromatic rings. The second-order valence-electron chi connectivity index (χ2n) is 4.99. The first-order chi connectivity index (χ1) is 10.2. The lowest BCUT2D eigenvalue weighted by atomic mass is 10.1. The number of aromatic hydroxyl groups is 1. The van der Waals surface area contributed by atoms with E-state index in [1.54, 1.807) is 12.1 Å². The number of carbonyl (C=O) groups excluding carboxylic acids is 1. The molecule has 1 aliphatic heterocycles. The number of amides is 1. The number of methoxy groups -OCH3 is 1. The van der Waals surface area contributed by atoms with Crippen molar-refractivity contribution in [1.82, 2.24) is 10.2 Å². The number of phenols is 1. The third kappa shape index (κ3) is 4.91. The van der Waals surface area contributed by atoms with Crippen LogP contribution in [0.5, 0.6) is 11.5 Å². The van der Waals surface area contributed by atoms with Crippen LogP contribution < -0.4 is 10.1 Å². The zero-order chi connectivity index (χ0) is 15.1. The maximum absolute atomic E-state index is 11.9. The number of nitrogens with one attached hydrogen (secondary N) is 1. The zero-order valence-electron chi connectivity index (χ0n) is 12.3. The number of ether oxygens (including phenoxy) is 2. The summed E-state index contributed by atoms with van der Waals surface area (Å²) >= 11 is 0. The van der Waals surface area contributed by atoms with Crippen molar-refractivity contribution in [3.8, 4) is 11.5 Å². The molecule has 1 fully saturated rings. The lowest BCUT2D eigenvalue weighted by Crippen LogP contribution is -2.41. The van der Waals surface area contributed by atoms with E-state index in [0.717, 1.165) is 38.4 Å². The summed E-state index contributed by atoms with van der Waals surface area (Å²) in [6, 6.07) is 4.94. The predicted octanol–water partition coefficient (Wildman–Crippen LogP) is 0.392. The number of morpholine rings is 1. The Morgan fingerprint density at radius 2 is 2.19 bits per heavy atom. The largest absolute Gasteiger partial charge is 0.504 e. The van der Waals surface area contributed by atoms with Gasteiger partial charge in [0.1, 0.15) is 0 Å². The van der Waals surface area contributed by atoms with E-state index < -0.39 is 0 Å². The van der Waals surface area contributed by atoms with Gasteiger partial charge in [-0.25, -0.2) is 0 Å². The Bertz CT molecular complexity index is 473. The van der Waals surface area contributed by atoms with Crippen molar-refractivity contribution >= 4 is 5.91 Å². The number of rotatable bonds is 6. The fourth-order valence-electron chi connectivity index (χ4n) is 2.26. The molecule has 1 amide bonds. The van der Waals surface area contributed by atoms with Crippen LogP contribution in [0.25, 0.3) is 0 Å². The summed E-state index contributed by atoms with van der Waals surface area (Å²) in [4.78, 5) is 14.2. The van der Waals surface area contributed by atoms with Crippen LogP contribution in [-0.4, -0.2) is 62.4 Å². The molecule has 0 aromatic heterocycles. The Hall–Kier alpha value is -1.79. The van der Waals surface area contributed by atoms with Crippen LogP contribution in [0.1, 0.15) is 5.56 Å². The highest BCUT2D eigenvalue weighted by Crippen LogP contribution is 2.26. The van der Waals surface area contributed by atoms with Gasteiger partial charge in [0.2, 0.25) is 5.91 Å². The molecule has 2 rings (SSSR count). The van der Waals surface area contributed by atoms with Gasteiger partial charge < -0.3 is 19.9 Å². The topological polar surface area (TPSA) is 71.0 Å². The van der Waals surface area contributed by atoms with E-state index in [0.29, 0.717) is 12.3 Å². The molecule has 0 bridgehead atoms. The van der Waals surface area contributed by atoms with Crippen LogP contribution in [0.2, 0.25) is 0 Å². The Labute approximate surface area is 124 Å². The standard InChI is InChI=1S/C15H22N2O4/c1-20-14-10-12(2-3-13(14)18)11-15(19)16-4-5-17-6-8-21-9-7-17/h2-3,10,18H,4-9,11H2,1H3,(H,16,19). The maximum atomic E-state index is 11.9. The van der Waals surface area contributed by atoms with Gasteiger partial charge in [-0.05, 0) is 17.7 Å². The van der Waals surface area contributed by atoms with Crippen molar-refractivity contribution < 1.29 is 19.4 Å². The highest BCUT2D eigenvalue weighted by atomic mass is 16.5. The van der Waals surface area contributed by atoms with Gasteiger partial charge in [0.25, 0.3) is 0 Å². The number of carbonyl (C=O) groups is 1. The number of hydrogen-bond donors (Lipinski definition) is 2. The molecule has 0 atom stereocenters. The van der Waals surface area contributed by atoms with Gasteiger partial charge in [0.05, 0.1) is 26.7 Å². The summed E-state index contributed by atoms with van der Waals surface area (Å²) in [6.45, 7) is 4.85. The lowest BCUT2D eigenvalue weighted by molar-refractivity contribution is -0.120. The SMILES string of the molecule is COc1cc(CC(=O)NCCN2CCOCC2)ccc1O. The molecule has 1 aromatic carbocycles. The van der Waals surface area contributed by atoms with E-state index in [-0.39, 0.29) is 18.1 Å². The summed E-state index contributed by atoms with van der Waals surface area (Å²) in [7, 11) is 1.49. The van der Waals surface area contributed by atoms with Gasteiger partial charge in [-0.2, -0.15) is 0 Å². The van der Waals surface area contributed by atoms with Crippen molar-refractivity contribution in [2.45, 2.75) is 6.42 Å². The smallest absolute Gasteiger partial charge is 0.224 e. The van der Waals surface area contributed by atoms with Crippen LogP contribution in [-0.2, 0) is 16.0 Å². The highest BCUT2D eigenvalue weighted by Gasteiger charge is 2.11. The second kappa shape index (κ2) is 7.85. The summed E-state index contributed by atoms with van der Waals surface area (Å²) < 4.78 is 10.3. The van der Waals surface area contributed by atoms with Gasteiger partial charge in [-0.3, -0.25) is 9.69 Å². The predicted molar refractivity (Wildman–Crippen MR) is 78.6 cm³/mol. The molecule has 6 nitrogen and oxygen atoms in total. The third-order valence-electron chi connectivity index (χ3n) is 3.46. The summed E-state index contributed by atoms with van der Waals surface area (Å²) in [5.74, 6) is 0.429. The molecule has 0 unspecified atom stereocenters. The van der Waals surface area contributed by atoms with E-state index >= 15 is 0 Å².